The van der Waals surface area contributed by atoms with Gasteiger partial charge in [0.1, 0.15) is 5.01 Å². The molecule has 3 aromatic carbocycles. The number of fused-ring (bicyclic) bond motifs is 1. The third-order valence-electron chi connectivity index (χ3n) is 5.19. The third-order valence-corrected chi connectivity index (χ3v) is 6.25. The van der Waals surface area contributed by atoms with E-state index < -0.39 is 5.82 Å². The van der Waals surface area contributed by atoms with Gasteiger partial charge < -0.3 is 18.9 Å². The Balaban J connectivity index is 1.60. The molecule has 0 spiro atoms. The molecule has 1 heterocycles. The Bertz CT molecular complexity index is 1370. The molecule has 0 unspecified atom stereocenters. The number of hydrogen-bond donors (Lipinski definition) is 0. The van der Waals surface area contributed by atoms with Crippen LogP contribution in [-0.2, 0) is 0 Å². The third kappa shape index (κ3) is 4.58. The van der Waals surface area contributed by atoms with E-state index in [1.54, 1.807) is 30.3 Å². The topological polar surface area (TPSA) is 66.9 Å². The molecule has 0 saturated heterocycles. The van der Waals surface area contributed by atoms with E-state index in [9.17, 15) is 9.18 Å². The number of methoxy groups -OCH3 is 4. The first-order valence-electron chi connectivity index (χ1n) is 10.2. The van der Waals surface area contributed by atoms with Gasteiger partial charge in [0, 0.05) is 11.1 Å². The van der Waals surface area contributed by atoms with Crippen molar-refractivity contribution in [1.29, 1.82) is 0 Å². The molecular weight excluding hydrogens is 457 g/mol. The summed E-state index contributed by atoms with van der Waals surface area (Å²) in [6.45, 7) is 0. The molecule has 0 bridgehead atoms. The van der Waals surface area contributed by atoms with E-state index in [1.165, 1.54) is 51.9 Å². The van der Waals surface area contributed by atoms with Crippen LogP contribution < -0.4 is 18.9 Å². The predicted molar refractivity (Wildman–Crippen MR) is 131 cm³/mol. The molecule has 0 atom stereocenters. The molecule has 0 N–H and O–H groups in total. The molecule has 0 aliphatic rings. The van der Waals surface area contributed by atoms with Crippen LogP contribution in [0, 0.1) is 5.82 Å². The van der Waals surface area contributed by atoms with Gasteiger partial charge >= 0.3 is 0 Å². The number of halogens is 1. The Labute approximate surface area is 200 Å². The van der Waals surface area contributed by atoms with Crippen molar-refractivity contribution >= 4 is 33.4 Å². The van der Waals surface area contributed by atoms with E-state index in [0.29, 0.717) is 22.8 Å². The maximum Gasteiger partial charge on any atom is 0.203 e. The summed E-state index contributed by atoms with van der Waals surface area (Å²) in [6, 6.07) is 13.6. The molecule has 0 radical (unpaired) electrons. The average molecular weight is 480 g/mol. The summed E-state index contributed by atoms with van der Waals surface area (Å²) >= 11 is 1.48. The Hall–Kier alpha value is -3.91. The van der Waals surface area contributed by atoms with Crippen molar-refractivity contribution in [1.82, 2.24) is 4.98 Å². The lowest BCUT2D eigenvalue weighted by molar-refractivity contribution is 0.104. The SMILES string of the molecule is COc1cc(-c2nc3ccc(/C=C/C(=O)c4cc(OC)c(OC)c(OC)c4)cc3s2)ccc1F. The van der Waals surface area contributed by atoms with Gasteiger partial charge in [0.25, 0.3) is 0 Å². The fourth-order valence-electron chi connectivity index (χ4n) is 3.45. The predicted octanol–water partition coefficient (Wildman–Crippen LogP) is 6.03. The number of aromatic nitrogens is 1. The van der Waals surface area contributed by atoms with Crippen LogP contribution in [0.3, 0.4) is 0 Å². The zero-order valence-electron chi connectivity index (χ0n) is 19.0. The molecule has 0 aliphatic carbocycles. The van der Waals surface area contributed by atoms with Crippen LogP contribution in [0.5, 0.6) is 23.0 Å². The van der Waals surface area contributed by atoms with Crippen molar-refractivity contribution in [3.8, 4) is 33.6 Å². The van der Waals surface area contributed by atoms with E-state index in [0.717, 1.165) is 26.4 Å². The van der Waals surface area contributed by atoms with Crippen molar-refractivity contribution in [2.45, 2.75) is 0 Å². The molecule has 0 saturated carbocycles. The summed E-state index contributed by atoms with van der Waals surface area (Å²) in [7, 11) is 5.94. The first-order chi connectivity index (χ1) is 16.5. The lowest BCUT2D eigenvalue weighted by Crippen LogP contribution is -2.00. The van der Waals surface area contributed by atoms with Gasteiger partial charge in [-0.15, -0.1) is 11.3 Å². The van der Waals surface area contributed by atoms with Crippen LogP contribution in [0.4, 0.5) is 4.39 Å². The Kier molecular flexibility index (Phi) is 6.79. The van der Waals surface area contributed by atoms with E-state index in [-0.39, 0.29) is 11.5 Å². The van der Waals surface area contributed by atoms with E-state index in [1.807, 2.05) is 18.2 Å². The number of ether oxygens (including phenoxy) is 4. The second kappa shape index (κ2) is 9.93. The minimum absolute atomic E-state index is 0.172. The average Bonchev–Trinajstić information content (AvgIpc) is 3.30. The zero-order chi connectivity index (χ0) is 24.2. The quantitative estimate of drug-likeness (QED) is 0.227. The van der Waals surface area contributed by atoms with Crippen LogP contribution in [-0.4, -0.2) is 39.2 Å². The van der Waals surface area contributed by atoms with Gasteiger partial charge in [0.05, 0.1) is 38.7 Å². The molecule has 0 amide bonds. The van der Waals surface area contributed by atoms with Gasteiger partial charge in [0.2, 0.25) is 5.75 Å². The molecule has 0 aliphatic heterocycles. The highest BCUT2D eigenvalue weighted by Crippen LogP contribution is 2.38. The smallest absolute Gasteiger partial charge is 0.203 e. The molecule has 8 heteroatoms. The number of benzene rings is 3. The zero-order valence-corrected chi connectivity index (χ0v) is 19.9. The van der Waals surface area contributed by atoms with Crippen molar-refractivity contribution in [2.24, 2.45) is 0 Å². The second-order valence-corrected chi connectivity index (χ2v) is 8.24. The number of allylic oxidation sites excluding steroid dienone is 1. The second-order valence-electron chi connectivity index (χ2n) is 7.21. The highest BCUT2D eigenvalue weighted by molar-refractivity contribution is 7.21. The van der Waals surface area contributed by atoms with Crippen LogP contribution in [0.2, 0.25) is 0 Å². The number of thiazole rings is 1. The lowest BCUT2D eigenvalue weighted by Gasteiger charge is -2.13. The number of ketones is 1. The minimum atomic E-state index is -0.420. The molecular formula is C26H22FNO5S. The maximum absolute atomic E-state index is 13.7. The molecule has 0 fully saturated rings. The maximum atomic E-state index is 13.7. The summed E-state index contributed by atoms with van der Waals surface area (Å²) in [6.07, 6.45) is 3.24. The summed E-state index contributed by atoms with van der Waals surface area (Å²) in [5.74, 6) is 0.796. The molecule has 1 aromatic heterocycles. The van der Waals surface area contributed by atoms with Crippen molar-refractivity contribution < 1.29 is 28.1 Å². The van der Waals surface area contributed by atoms with Crippen molar-refractivity contribution in [2.75, 3.05) is 28.4 Å². The van der Waals surface area contributed by atoms with Crippen LogP contribution in [0.1, 0.15) is 15.9 Å². The highest BCUT2D eigenvalue weighted by atomic mass is 32.1. The molecule has 4 rings (SSSR count). The Morgan fingerprint density at radius 3 is 2.24 bits per heavy atom. The number of carbonyl (C=O) groups excluding carboxylic acids is 1. The fourth-order valence-corrected chi connectivity index (χ4v) is 4.46. The normalized spacial score (nSPS) is 11.1. The molecule has 174 valence electrons. The minimum Gasteiger partial charge on any atom is -0.494 e. The molecule has 34 heavy (non-hydrogen) atoms. The van der Waals surface area contributed by atoms with Gasteiger partial charge in [-0.3, -0.25) is 4.79 Å². The number of hydrogen-bond acceptors (Lipinski definition) is 7. The summed E-state index contributed by atoms with van der Waals surface area (Å²) in [5, 5.41) is 0.753. The lowest BCUT2D eigenvalue weighted by atomic mass is 10.1. The van der Waals surface area contributed by atoms with Gasteiger partial charge in [-0.05, 0) is 54.1 Å². The van der Waals surface area contributed by atoms with Gasteiger partial charge in [-0.25, -0.2) is 9.37 Å². The monoisotopic (exact) mass is 479 g/mol. The van der Waals surface area contributed by atoms with E-state index in [2.05, 4.69) is 4.98 Å². The molecule has 4 aromatic rings. The Morgan fingerprint density at radius 1 is 0.882 bits per heavy atom. The largest absolute Gasteiger partial charge is 0.494 e. The Morgan fingerprint density at radius 2 is 1.59 bits per heavy atom. The first kappa shape index (κ1) is 23.3. The van der Waals surface area contributed by atoms with Gasteiger partial charge in [0.15, 0.2) is 28.8 Å². The number of nitrogens with zero attached hydrogens (tertiary/aromatic N) is 1. The van der Waals surface area contributed by atoms with Crippen LogP contribution in [0.25, 0.3) is 26.9 Å². The van der Waals surface area contributed by atoms with Crippen molar-refractivity contribution in [3.63, 3.8) is 0 Å². The first-order valence-corrected chi connectivity index (χ1v) is 11.1. The summed E-state index contributed by atoms with van der Waals surface area (Å²) in [5.41, 5.74) is 2.85. The number of carbonyl (C=O) groups is 1. The fraction of sp³-hybridized carbons (Fsp3) is 0.154. The van der Waals surface area contributed by atoms with Crippen molar-refractivity contribution in [3.05, 3.63) is 71.6 Å². The number of rotatable bonds is 8. The standard InChI is InChI=1S/C26H22FNO5S/c1-30-21-12-16(7-8-18(21)27)26-28-19-9-5-15(11-24(19)34-26)6-10-20(29)17-13-22(31-2)25(33-4)23(14-17)32-3/h5-14H,1-4H3/b10-6+. The van der Waals surface area contributed by atoms with E-state index >= 15 is 0 Å². The summed E-state index contributed by atoms with van der Waals surface area (Å²) < 4.78 is 35.7. The van der Waals surface area contributed by atoms with Crippen LogP contribution >= 0.6 is 11.3 Å². The van der Waals surface area contributed by atoms with Gasteiger partial charge in [-0.1, -0.05) is 12.1 Å². The van der Waals surface area contributed by atoms with Gasteiger partial charge in [-0.2, -0.15) is 0 Å². The summed E-state index contributed by atoms with van der Waals surface area (Å²) in [4.78, 5) is 17.4. The van der Waals surface area contributed by atoms with Crippen LogP contribution in [0.15, 0.2) is 54.6 Å². The highest BCUT2D eigenvalue weighted by Gasteiger charge is 2.16. The van der Waals surface area contributed by atoms with E-state index in [4.69, 9.17) is 18.9 Å². The molecule has 6 nitrogen and oxygen atoms in total.